The van der Waals surface area contributed by atoms with Gasteiger partial charge in [-0.15, -0.1) is 0 Å². The van der Waals surface area contributed by atoms with Crippen molar-refractivity contribution in [2.75, 3.05) is 0 Å². The molecular weight excluding hydrogens is 328 g/mol. The molecule has 1 amide bonds. The Morgan fingerprint density at radius 1 is 1.12 bits per heavy atom. The lowest BCUT2D eigenvalue weighted by atomic mass is 9.96. The number of carbonyl (C=O) groups is 2. The summed E-state index contributed by atoms with van der Waals surface area (Å²) >= 11 is 0. The standard InChI is InChI=1S/C19H19F2NO3/c1-11-4-3-5-12(2)15(11)10-17(19(24)25)22-18(23)8-13-6-7-14(20)9-16(13)21/h3-7,9,17H,8,10H2,1-2H3,(H,22,23)(H,24,25)/t17-/m0/s1. The number of rotatable bonds is 6. The fourth-order valence-electron chi connectivity index (χ4n) is 2.66. The van der Waals surface area contributed by atoms with Crippen molar-refractivity contribution in [3.63, 3.8) is 0 Å². The molecule has 0 heterocycles. The van der Waals surface area contributed by atoms with Gasteiger partial charge in [-0.1, -0.05) is 24.3 Å². The quantitative estimate of drug-likeness (QED) is 0.844. The normalized spacial score (nSPS) is 11.8. The molecule has 0 aromatic heterocycles. The van der Waals surface area contributed by atoms with E-state index in [9.17, 15) is 23.5 Å². The molecule has 1 atom stereocenters. The van der Waals surface area contributed by atoms with Crippen LogP contribution in [0.2, 0.25) is 0 Å². The maximum atomic E-state index is 13.6. The predicted octanol–water partition coefficient (Wildman–Crippen LogP) is 2.94. The van der Waals surface area contributed by atoms with E-state index >= 15 is 0 Å². The number of hydrogen-bond acceptors (Lipinski definition) is 2. The molecule has 2 aromatic rings. The SMILES string of the molecule is Cc1cccc(C)c1C[C@H](NC(=O)Cc1ccc(F)cc1F)C(=O)O. The Hall–Kier alpha value is -2.76. The van der Waals surface area contributed by atoms with Gasteiger partial charge in [-0.3, -0.25) is 4.79 Å². The Kier molecular flexibility index (Phi) is 5.85. The molecule has 2 rings (SSSR count). The van der Waals surface area contributed by atoms with Gasteiger partial charge in [0.05, 0.1) is 6.42 Å². The molecule has 25 heavy (non-hydrogen) atoms. The van der Waals surface area contributed by atoms with Crippen LogP contribution in [0.1, 0.15) is 22.3 Å². The lowest BCUT2D eigenvalue weighted by Crippen LogP contribution is -2.43. The molecule has 0 fully saturated rings. The second-order valence-corrected chi connectivity index (χ2v) is 5.95. The van der Waals surface area contributed by atoms with Crippen molar-refractivity contribution in [3.8, 4) is 0 Å². The van der Waals surface area contributed by atoms with E-state index in [1.54, 1.807) is 0 Å². The molecule has 132 valence electrons. The minimum absolute atomic E-state index is 0.00936. The van der Waals surface area contributed by atoms with Crippen molar-refractivity contribution in [1.29, 1.82) is 0 Å². The Bertz CT molecular complexity index is 785. The summed E-state index contributed by atoms with van der Waals surface area (Å²) in [5.74, 6) is -3.38. The summed E-state index contributed by atoms with van der Waals surface area (Å²) in [6.07, 6.45) is -0.228. The predicted molar refractivity (Wildman–Crippen MR) is 89.2 cm³/mol. The van der Waals surface area contributed by atoms with Crippen molar-refractivity contribution in [3.05, 3.63) is 70.3 Å². The molecule has 0 aliphatic rings. The minimum atomic E-state index is -1.17. The summed E-state index contributed by atoms with van der Waals surface area (Å²) < 4.78 is 26.5. The van der Waals surface area contributed by atoms with Crippen LogP contribution in [0.4, 0.5) is 8.78 Å². The first kappa shape index (κ1) is 18.6. The molecule has 0 saturated carbocycles. The topological polar surface area (TPSA) is 66.4 Å². The fourth-order valence-corrected chi connectivity index (χ4v) is 2.66. The van der Waals surface area contributed by atoms with E-state index in [4.69, 9.17) is 0 Å². The highest BCUT2D eigenvalue weighted by molar-refractivity contribution is 5.85. The van der Waals surface area contributed by atoms with E-state index in [0.29, 0.717) is 6.07 Å². The van der Waals surface area contributed by atoms with Gasteiger partial charge >= 0.3 is 5.97 Å². The van der Waals surface area contributed by atoms with Gasteiger partial charge in [0.1, 0.15) is 17.7 Å². The highest BCUT2D eigenvalue weighted by Crippen LogP contribution is 2.16. The number of carboxylic acid groups (broad SMARTS) is 1. The van der Waals surface area contributed by atoms with Crippen LogP contribution < -0.4 is 5.32 Å². The molecule has 0 aliphatic carbocycles. The van der Waals surface area contributed by atoms with Crippen LogP contribution in [-0.2, 0) is 22.4 Å². The minimum Gasteiger partial charge on any atom is -0.480 e. The van der Waals surface area contributed by atoms with Gasteiger partial charge in [0.15, 0.2) is 0 Å². The zero-order chi connectivity index (χ0) is 18.6. The van der Waals surface area contributed by atoms with E-state index in [1.807, 2.05) is 32.0 Å². The zero-order valence-electron chi connectivity index (χ0n) is 14.0. The lowest BCUT2D eigenvalue weighted by molar-refractivity contribution is -0.141. The first-order chi connectivity index (χ1) is 11.8. The Morgan fingerprint density at radius 3 is 2.32 bits per heavy atom. The monoisotopic (exact) mass is 347 g/mol. The molecule has 0 bridgehead atoms. The van der Waals surface area contributed by atoms with Gasteiger partial charge in [0, 0.05) is 12.5 Å². The van der Waals surface area contributed by atoms with Crippen molar-refractivity contribution in [2.24, 2.45) is 0 Å². The summed E-state index contributed by atoms with van der Waals surface area (Å²) in [6.45, 7) is 3.74. The summed E-state index contributed by atoms with van der Waals surface area (Å²) in [5.41, 5.74) is 2.73. The van der Waals surface area contributed by atoms with Crippen molar-refractivity contribution >= 4 is 11.9 Å². The van der Waals surface area contributed by atoms with Crippen molar-refractivity contribution < 1.29 is 23.5 Å². The van der Waals surface area contributed by atoms with E-state index < -0.39 is 29.6 Å². The van der Waals surface area contributed by atoms with Crippen LogP contribution in [0.5, 0.6) is 0 Å². The zero-order valence-corrected chi connectivity index (χ0v) is 14.0. The molecule has 0 unspecified atom stereocenters. The molecule has 6 heteroatoms. The van der Waals surface area contributed by atoms with Crippen LogP contribution in [0.3, 0.4) is 0 Å². The third kappa shape index (κ3) is 4.86. The smallest absolute Gasteiger partial charge is 0.326 e. The number of amides is 1. The molecule has 0 saturated heterocycles. The number of aliphatic carboxylic acids is 1. The Labute approximate surface area is 144 Å². The number of aryl methyl sites for hydroxylation is 2. The van der Waals surface area contributed by atoms with Crippen LogP contribution in [0.25, 0.3) is 0 Å². The van der Waals surface area contributed by atoms with Crippen LogP contribution >= 0.6 is 0 Å². The van der Waals surface area contributed by atoms with E-state index in [1.165, 1.54) is 6.07 Å². The van der Waals surface area contributed by atoms with Crippen LogP contribution in [0.15, 0.2) is 36.4 Å². The number of hydrogen-bond donors (Lipinski definition) is 2. The van der Waals surface area contributed by atoms with Gasteiger partial charge < -0.3 is 10.4 Å². The van der Waals surface area contributed by atoms with Crippen molar-refractivity contribution in [1.82, 2.24) is 5.32 Å². The summed E-state index contributed by atoms with van der Waals surface area (Å²) in [5, 5.41) is 11.8. The van der Waals surface area contributed by atoms with Gasteiger partial charge in [0.2, 0.25) is 5.91 Å². The second-order valence-electron chi connectivity index (χ2n) is 5.95. The second kappa shape index (κ2) is 7.88. The van der Waals surface area contributed by atoms with Gasteiger partial charge in [-0.05, 0) is 42.2 Å². The first-order valence-electron chi connectivity index (χ1n) is 7.79. The lowest BCUT2D eigenvalue weighted by Gasteiger charge is -2.17. The number of carboxylic acids is 1. The maximum Gasteiger partial charge on any atom is 0.326 e. The van der Waals surface area contributed by atoms with Gasteiger partial charge in [-0.25, -0.2) is 13.6 Å². The van der Waals surface area contributed by atoms with Crippen LogP contribution in [0, 0.1) is 25.5 Å². The number of carbonyl (C=O) groups excluding carboxylic acids is 1. The Morgan fingerprint density at radius 2 is 1.76 bits per heavy atom. The Balaban J connectivity index is 2.11. The van der Waals surface area contributed by atoms with Crippen LogP contribution in [-0.4, -0.2) is 23.0 Å². The van der Waals surface area contributed by atoms with Gasteiger partial charge in [-0.2, -0.15) is 0 Å². The van der Waals surface area contributed by atoms with E-state index in [-0.39, 0.29) is 18.4 Å². The molecule has 2 aromatic carbocycles. The molecule has 2 N–H and O–H groups in total. The average molecular weight is 347 g/mol. The molecule has 0 spiro atoms. The first-order valence-corrected chi connectivity index (χ1v) is 7.79. The molecular formula is C19H19F2NO3. The van der Waals surface area contributed by atoms with Crippen molar-refractivity contribution in [2.45, 2.75) is 32.7 Å². The third-order valence-corrected chi connectivity index (χ3v) is 4.05. The van der Waals surface area contributed by atoms with E-state index in [0.717, 1.165) is 22.8 Å². The highest BCUT2D eigenvalue weighted by atomic mass is 19.1. The molecule has 4 nitrogen and oxygen atoms in total. The molecule has 0 aliphatic heterocycles. The van der Waals surface area contributed by atoms with E-state index in [2.05, 4.69) is 5.32 Å². The largest absolute Gasteiger partial charge is 0.480 e. The number of benzene rings is 2. The summed E-state index contributed by atoms with van der Waals surface area (Å²) in [7, 11) is 0. The summed E-state index contributed by atoms with van der Waals surface area (Å²) in [4.78, 5) is 23.6. The highest BCUT2D eigenvalue weighted by Gasteiger charge is 2.22. The third-order valence-electron chi connectivity index (χ3n) is 4.05. The summed E-state index contributed by atoms with van der Waals surface area (Å²) in [6, 6.07) is 7.40. The van der Waals surface area contributed by atoms with Gasteiger partial charge in [0.25, 0.3) is 0 Å². The number of nitrogens with one attached hydrogen (secondary N) is 1. The average Bonchev–Trinajstić information content (AvgIpc) is 2.52. The number of halogens is 2. The maximum absolute atomic E-state index is 13.6. The fraction of sp³-hybridized carbons (Fsp3) is 0.263. The molecule has 0 radical (unpaired) electrons.